The molecule has 0 spiro atoms. The summed E-state index contributed by atoms with van der Waals surface area (Å²) >= 11 is 0. The van der Waals surface area contributed by atoms with Gasteiger partial charge in [0.15, 0.2) is 0 Å². The highest BCUT2D eigenvalue weighted by Gasteiger charge is 2.27. The van der Waals surface area contributed by atoms with Gasteiger partial charge in [0.1, 0.15) is 17.8 Å². The molecule has 1 aromatic rings. The van der Waals surface area contributed by atoms with Gasteiger partial charge in [0.25, 0.3) is 11.9 Å². The minimum Gasteiger partial charge on any atom is -0.444 e. The average Bonchev–Trinajstić information content (AvgIpc) is 2.86. The Hall–Kier alpha value is -4.13. The van der Waals surface area contributed by atoms with E-state index in [1.807, 2.05) is 37.3 Å². The highest BCUT2D eigenvalue weighted by Crippen LogP contribution is 2.20. The van der Waals surface area contributed by atoms with Crippen molar-refractivity contribution >= 4 is 30.0 Å². The van der Waals surface area contributed by atoms with Crippen LogP contribution in [0.15, 0.2) is 46.6 Å². The number of ether oxygens (including phenoxy) is 2. The van der Waals surface area contributed by atoms with Crippen LogP contribution in [0.4, 0.5) is 9.59 Å². The lowest BCUT2D eigenvalue weighted by molar-refractivity contribution is -0.132. The van der Waals surface area contributed by atoms with Crippen LogP contribution in [0.2, 0.25) is 0 Å². The van der Waals surface area contributed by atoms with Crippen molar-refractivity contribution in [2.24, 2.45) is 5.16 Å². The van der Waals surface area contributed by atoms with Crippen molar-refractivity contribution in [2.75, 3.05) is 26.2 Å². The quantitative estimate of drug-likeness (QED) is 0.140. The summed E-state index contributed by atoms with van der Waals surface area (Å²) < 4.78 is 10.3. The van der Waals surface area contributed by atoms with Crippen molar-refractivity contribution in [3.8, 4) is 0 Å². The predicted molar refractivity (Wildman–Crippen MR) is 157 cm³/mol. The molecule has 0 aromatic heterocycles. The summed E-state index contributed by atoms with van der Waals surface area (Å²) in [5.74, 6) is -0.914. The number of hydrazine groups is 1. The molecule has 0 saturated heterocycles. The van der Waals surface area contributed by atoms with Crippen molar-refractivity contribution in [3.63, 3.8) is 0 Å². The zero-order chi connectivity index (χ0) is 31.3. The van der Waals surface area contributed by atoms with Crippen LogP contribution in [-0.2, 0) is 30.3 Å². The van der Waals surface area contributed by atoms with Crippen molar-refractivity contribution in [3.05, 3.63) is 47.0 Å². The number of rotatable bonds is 10. The largest absolute Gasteiger partial charge is 0.444 e. The van der Waals surface area contributed by atoms with E-state index in [1.165, 1.54) is 5.56 Å². The molecule has 232 valence electrons. The number of hydrogen-bond donors (Lipinski definition) is 4. The highest BCUT2D eigenvalue weighted by molar-refractivity contribution is 6.01. The normalized spacial score (nSPS) is 13.7. The van der Waals surface area contributed by atoms with Crippen LogP contribution in [0, 0.1) is 0 Å². The standard InChI is InChI=1S/C29H44N6O7/c1-20-14-17-35(31-15-13-21-11-9-8-10-12-21)24(37)22(20)19-23(36)30-16-18-40-34-25(32-26(38)41-28(2,3)4)33-27(39)42-29(5,6)7/h8-12,31H,13-19H2,1-7H3,(H,30,36)(H2,32,33,34,38,39). The number of alkyl carbamates (subject to hydrolysis) is 2. The van der Waals surface area contributed by atoms with Crippen molar-refractivity contribution in [1.29, 1.82) is 0 Å². The Labute approximate surface area is 247 Å². The first-order valence-electron chi connectivity index (χ1n) is 13.9. The Morgan fingerprint density at radius 3 is 2.10 bits per heavy atom. The van der Waals surface area contributed by atoms with E-state index in [1.54, 1.807) is 46.6 Å². The van der Waals surface area contributed by atoms with E-state index in [9.17, 15) is 19.2 Å². The van der Waals surface area contributed by atoms with E-state index in [-0.39, 0.29) is 37.3 Å². The molecule has 0 saturated carbocycles. The SMILES string of the molecule is CC1=C(CC(=O)NCCON=C(NC(=O)OC(C)(C)C)NC(=O)OC(C)(C)C)C(=O)N(NCCc2ccccc2)CC1. The molecule has 1 heterocycles. The number of oxime groups is 1. The lowest BCUT2D eigenvalue weighted by atomic mass is 9.98. The van der Waals surface area contributed by atoms with Crippen molar-refractivity contribution in [1.82, 2.24) is 26.4 Å². The van der Waals surface area contributed by atoms with E-state index in [0.717, 1.165) is 12.0 Å². The van der Waals surface area contributed by atoms with Crippen molar-refractivity contribution in [2.45, 2.75) is 78.9 Å². The van der Waals surface area contributed by atoms with Crippen LogP contribution in [0.5, 0.6) is 0 Å². The minimum atomic E-state index is -0.862. The summed E-state index contributed by atoms with van der Waals surface area (Å²) in [5.41, 5.74) is 4.10. The molecule has 13 heteroatoms. The van der Waals surface area contributed by atoms with Gasteiger partial charge in [0.2, 0.25) is 5.91 Å². The van der Waals surface area contributed by atoms with E-state index < -0.39 is 23.4 Å². The average molecular weight is 589 g/mol. The number of carbonyl (C=O) groups excluding carboxylic acids is 4. The lowest BCUT2D eigenvalue weighted by Crippen LogP contribution is -2.48. The molecule has 42 heavy (non-hydrogen) atoms. The van der Waals surface area contributed by atoms with Crippen molar-refractivity contribution < 1.29 is 33.5 Å². The Morgan fingerprint density at radius 1 is 0.929 bits per heavy atom. The first kappa shape index (κ1) is 34.1. The molecule has 1 aliphatic heterocycles. The maximum absolute atomic E-state index is 13.0. The summed E-state index contributed by atoms with van der Waals surface area (Å²) in [5, 5.41) is 12.6. The number of nitrogens with one attached hydrogen (secondary N) is 4. The Balaban J connectivity index is 1.84. The molecule has 13 nitrogen and oxygen atoms in total. The zero-order valence-corrected chi connectivity index (χ0v) is 25.6. The van der Waals surface area contributed by atoms with Gasteiger partial charge in [-0.2, -0.15) is 0 Å². The Morgan fingerprint density at radius 2 is 1.52 bits per heavy atom. The van der Waals surface area contributed by atoms with Gasteiger partial charge in [-0.1, -0.05) is 35.9 Å². The van der Waals surface area contributed by atoms with Gasteiger partial charge >= 0.3 is 12.2 Å². The van der Waals surface area contributed by atoms with Gasteiger partial charge in [-0.05, 0) is 72.0 Å². The molecule has 0 unspecified atom stereocenters. The maximum atomic E-state index is 13.0. The minimum absolute atomic E-state index is 0.0635. The number of hydrogen-bond acceptors (Lipinski definition) is 9. The topological polar surface area (TPSA) is 160 Å². The zero-order valence-electron chi connectivity index (χ0n) is 25.6. The predicted octanol–water partition coefficient (Wildman–Crippen LogP) is 3.13. The van der Waals surface area contributed by atoms with E-state index in [2.05, 4.69) is 26.5 Å². The van der Waals surface area contributed by atoms with Crippen LogP contribution in [-0.4, -0.2) is 72.4 Å². The second-order valence-electron chi connectivity index (χ2n) is 11.7. The fourth-order valence-corrected chi connectivity index (χ4v) is 3.68. The lowest BCUT2D eigenvalue weighted by Gasteiger charge is -2.30. The van der Waals surface area contributed by atoms with Gasteiger partial charge in [-0.15, -0.1) is 0 Å². The van der Waals surface area contributed by atoms with Gasteiger partial charge in [-0.25, -0.2) is 15.0 Å². The fraction of sp³-hybridized carbons (Fsp3) is 0.552. The smallest absolute Gasteiger partial charge is 0.414 e. The molecule has 4 amide bonds. The van der Waals surface area contributed by atoms with Crippen LogP contribution in [0.3, 0.4) is 0 Å². The molecule has 0 bridgehead atoms. The summed E-state index contributed by atoms with van der Waals surface area (Å²) in [6, 6.07) is 9.97. The molecule has 4 N–H and O–H groups in total. The van der Waals surface area contributed by atoms with Crippen LogP contribution >= 0.6 is 0 Å². The molecular formula is C29H44N6O7. The first-order valence-corrected chi connectivity index (χ1v) is 13.9. The molecule has 0 atom stereocenters. The first-order chi connectivity index (χ1) is 19.6. The molecule has 1 aromatic carbocycles. The molecule has 0 radical (unpaired) electrons. The number of nitrogens with zero attached hydrogens (tertiary/aromatic N) is 2. The summed E-state index contributed by atoms with van der Waals surface area (Å²) in [6.07, 6.45) is -0.357. The van der Waals surface area contributed by atoms with E-state index >= 15 is 0 Å². The van der Waals surface area contributed by atoms with Crippen LogP contribution in [0.25, 0.3) is 0 Å². The number of guanidine groups is 1. The summed E-state index contributed by atoms with van der Waals surface area (Å²) in [7, 11) is 0. The van der Waals surface area contributed by atoms with Gasteiger partial charge in [0.05, 0.1) is 13.0 Å². The van der Waals surface area contributed by atoms with E-state index in [4.69, 9.17) is 14.3 Å². The molecule has 0 aliphatic carbocycles. The second-order valence-corrected chi connectivity index (χ2v) is 11.7. The number of benzene rings is 1. The van der Waals surface area contributed by atoms with Gasteiger partial charge in [0, 0.05) is 18.7 Å². The molecular weight excluding hydrogens is 544 g/mol. The highest BCUT2D eigenvalue weighted by atomic mass is 16.6. The third kappa shape index (κ3) is 13.5. The third-order valence-electron chi connectivity index (χ3n) is 5.54. The van der Waals surface area contributed by atoms with Gasteiger partial charge in [-0.3, -0.25) is 25.2 Å². The number of carbonyl (C=O) groups is 4. The summed E-state index contributed by atoms with van der Waals surface area (Å²) in [4.78, 5) is 55.1. The molecule has 2 rings (SSSR count). The third-order valence-corrected chi connectivity index (χ3v) is 5.54. The second kappa shape index (κ2) is 15.8. The number of amides is 4. The van der Waals surface area contributed by atoms with Crippen LogP contribution < -0.4 is 21.4 Å². The van der Waals surface area contributed by atoms with E-state index in [0.29, 0.717) is 25.1 Å². The molecule has 0 fully saturated rings. The summed E-state index contributed by atoms with van der Waals surface area (Å²) in [6.45, 7) is 13.1. The maximum Gasteiger partial charge on any atom is 0.414 e. The Kier molecular flexibility index (Phi) is 12.8. The molecule has 1 aliphatic rings. The Bertz CT molecular complexity index is 1120. The van der Waals surface area contributed by atoms with Gasteiger partial charge < -0.3 is 19.6 Å². The fourth-order valence-electron chi connectivity index (χ4n) is 3.68. The monoisotopic (exact) mass is 588 g/mol. The van der Waals surface area contributed by atoms with Crippen LogP contribution in [0.1, 0.15) is 66.9 Å².